The smallest absolute Gasteiger partial charge is 0.0629 e. The molecular weight excluding hydrogens is 244 g/mol. The summed E-state index contributed by atoms with van der Waals surface area (Å²) in [7, 11) is 0. The Morgan fingerprint density at radius 1 is 0.900 bits per heavy atom. The molecule has 0 aliphatic carbocycles. The molecule has 2 aromatic rings. The number of rotatable bonds is 4. The van der Waals surface area contributed by atoms with Crippen molar-refractivity contribution in [2.75, 3.05) is 5.32 Å². The average molecular weight is 264 g/mol. The van der Waals surface area contributed by atoms with Crippen LogP contribution < -0.4 is 5.32 Å². The minimum absolute atomic E-state index is 0.968. The van der Waals surface area contributed by atoms with Gasteiger partial charge in [-0.3, -0.25) is 4.99 Å². The molecule has 2 aromatic carbocycles. The van der Waals surface area contributed by atoms with Crippen LogP contribution in [0.4, 0.5) is 11.4 Å². The summed E-state index contributed by atoms with van der Waals surface area (Å²) in [5.41, 5.74) is 5.63. The van der Waals surface area contributed by atoms with Crippen molar-refractivity contribution in [3.8, 4) is 0 Å². The van der Waals surface area contributed by atoms with E-state index in [9.17, 15) is 0 Å². The van der Waals surface area contributed by atoms with E-state index < -0.39 is 0 Å². The first-order chi connectivity index (χ1) is 9.63. The van der Waals surface area contributed by atoms with Gasteiger partial charge in [0.1, 0.15) is 0 Å². The zero-order chi connectivity index (χ0) is 14.4. The number of nitrogens with one attached hydrogen (secondary N) is 1. The van der Waals surface area contributed by atoms with Crippen LogP contribution in [0.3, 0.4) is 0 Å². The highest BCUT2D eigenvalue weighted by atomic mass is 14.9. The average Bonchev–Trinajstić information content (AvgIpc) is 2.44. The number of benzene rings is 2. The molecule has 0 aromatic heterocycles. The normalized spacial score (nSPS) is 11.8. The summed E-state index contributed by atoms with van der Waals surface area (Å²) in [6, 6.07) is 16.5. The fraction of sp³-hybridized carbons (Fsp3) is 0.167. The van der Waals surface area contributed by atoms with E-state index in [2.05, 4.69) is 60.6 Å². The zero-order valence-electron chi connectivity index (χ0n) is 12.2. The van der Waals surface area contributed by atoms with Gasteiger partial charge in [0.25, 0.3) is 0 Å². The van der Waals surface area contributed by atoms with Gasteiger partial charge in [-0.15, -0.1) is 0 Å². The van der Waals surface area contributed by atoms with Crippen molar-refractivity contribution in [2.45, 2.75) is 20.8 Å². The second-order valence-electron chi connectivity index (χ2n) is 4.95. The van der Waals surface area contributed by atoms with Gasteiger partial charge in [0.15, 0.2) is 0 Å². The molecule has 0 unspecified atom stereocenters. The predicted octanol–water partition coefficient (Wildman–Crippen LogP) is 5.02. The largest absolute Gasteiger partial charge is 0.359 e. The van der Waals surface area contributed by atoms with Crippen molar-refractivity contribution < 1.29 is 0 Å². The van der Waals surface area contributed by atoms with Gasteiger partial charge in [-0.2, -0.15) is 0 Å². The number of hydrogen-bond donors (Lipinski definition) is 1. The summed E-state index contributed by atoms with van der Waals surface area (Å²) in [5.74, 6) is 0. The van der Waals surface area contributed by atoms with E-state index in [4.69, 9.17) is 0 Å². The molecule has 102 valence electrons. The SMILES string of the molecule is C/C(=C/C=Nc1ccc(C)cc1)Nc1ccc(C)cc1. The Labute approximate surface area is 120 Å². The summed E-state index contributed by atoms with van der Waals surface area (Å²) in [6.07, 6.45) is 3.79. The first-order valence-electron chi connectivity index (χ1n) is 6.75. The molecule has 0 radical (unpaired) electrons. The number of hydrogen-bond acceptors (Lipinski definition) is 2. The molecule has 0 atom stereocenters. The Hall–Kier alpha value is -2.35. The van der Waals surface area contributed by atoms with E-state index in [-0.39, 0.29) is 0 Å². The molecule has 0 aliphatic rings. The number of aryl methyl sites for hydroxylation is 2. The molecule has 2 rings (SSSR count). The van der Waals surface area contributed by atoms with Crippen LogP contribution in [0, 0.1) is 13.8 Å². The lowest BCUT2D eigenvalue weighted by molar-refractivity contribution is 1.37. The number of aliphatic imine (C=N–C) groups is 1. The molecule has 2 nitrogen and oxygen atoms in total. The van der Waals surface area contributed by atoms with E-state index in [0.717, 1.165) is 17.1 Å². The second kappa shape index (κ2) is 6.71. The van der Waals surface area contributed by atoms with Gasteiger partial charge in [-0.05, 0) is 51.1 Å². The minimum Gasteiger partial charge on any atom is -0.359 e. The van der Waals surface area contributed by atoms with Crippen molar-refractivity contribution in [1.82, 2.24) is 0 Å². The van der Waals surface area contributed by atoms with Crippen molar-refractivity contribution in [2.24, 2.45) is 4.99 Å². The quantitative estimate of drug-likeness (QED) is 0.770. The highest BCUT2D eigenvalue weighted by Crippen LogP contribution is 2.13. The second-order valence-corrected chi connectivity index (χ2v) is 4.95. The number of anilines is 1. The summed E-state index contributed by atoms with van der Waals surface area (Å²) >= 11 is 0. The maximum absolute atomic E-state index is 4.40. The molecule has 2 heteroatoms. The Balaban J connectivity index is 1.96. The van der Waals surface area contributed by atoms with Crippen LogP contribution in [0.25, 0.3) is 0 Å². The number of nitrogens with zero attached hydrogens (tertiary/aromatic N) is 1. The van der Waals surface area contributed by atoms with Gasteiger partial charge < -0.3 is 5.32 Å². The molecule has 0 fully saturated rings. The molecule has 0 amide bonds. The van der Waals surface area contributed by atoms with E-state index in [0.29, 0.717) is 0 Å². The first-order valence-corrected chi connectivity index (χ1v) is 6.75. The molecule has 20 heavy (non-hydrogen) atoms. The zero-order valence-corrected chi connectivity index (χ0v) is 12.2. The highest BCUT2D eigenvalue weighted by molar-refractivity contribution is 5.76. The Kier molecular flexibility index (Phi) is 4.72. The fourth-order valence-electron chi connectivity index (χ4n) is 1.77. The standard InChI is InChI=1S/C18H20N2/c1-14-4-8-17(9-5-14)19-13-12-16(3)20-18-10-6-15(2)7-11-18/h4-13,20H,1-3H3/b16-12-,19-13?. The molecule has 0 heterocycles. The predicted molar refractivity (Wildman–Crippen MR) is 87.9 cm³/mol. The third kappa shape index (κ3) is 4.39. The molecule has 0 saturated carbocycles. The van der Waals surface area contributed by atoms with Crippen LogP contribution in [-0.4, -0.2) is 6.21 Å². The van der Waals surface area contributed by atoms with Gasteiger partial charge in [-0.1, -0.05) is 35.4 Å². The van der Waals surface area contributed by atoms with Crippen LogP contribution >= 0.6 is 0 Å². The number of allylic oxidation sites excluding steroid dienone is 2. The summed E-state index contributed by atoms with van der Waals surface area (Å²) < 4.78 is 0. The van der Waals surface area contributed by atoms with Crippen LogP contribution in [0.1, 0.15) is 18.1 Å². The third-order valence-electron chi connectivity index (χ3n) is 2.98. The summed E-state index contributed by atoms with van der Waals surface area (Å²) in [5, 5.41) is 3.33. The highest BCUT2D eigenvalue weighted by Gasteiger charge is 1.91. The van der Waals surface area contributed by atoms with Gasteiger partial charge in [0.05, 0.1) is 5.69 Å². The first kappa shape index (κ1) is 14.1. The maximum atomic E-state index is 4.40. The van der Waals surface area contributed by atoms with Gasteiger partial charge >= 0.3 is 0 Å². The maximum Gasteiger partial charge on any atom is 0.0629 e. The lowest BCUT2D eigenvalue weighted by Crippen LogP contribution is -1.95. The Morgan fingerprint density at radius 2 is 1.45 bits per heavy atom. The van der Waals surface area contributed by atoms with Crippen LogP contribution in [0.5, 0.6) is 0 Å². The third-order valence-corrected chi connectivity index (χ3v) is 2.98. The van der Waals surface area contributed by atoms with Gasteiger partial charge in [0, 0.05) is 17.6 Å². The lowest BCUT2D eigenvalue weighted by Gasteiger charge is -2.05. The Morgan fingerprint density at radius 3 is 2.05 bits per heavy atom. The van der Waals surface area contributed by atoms with Crippen molar-refractivity contribution >= 4 is 17.6 Å². The van der Waals surface area contributed by atoms with Crippen molar-refractivity contribution in [3.63, 3.8) is 0 Å². The van der Waals surface area contributed by atoms with Crippen LogP contribution in [0.2, 0.25) is 0 Å². The molecule has 0 spiro atoms. The Bertz CT molecular complexity index is 605. The lowest BCUT2D eigenvalue weighted by atomic mass is 10.2. The molecule has 0 saturated heterocycles. The van der Waals surface area contributed by atoms with Gasteiger partial charge in [-0.25, -0.2) is 0 Å². The monoisotopic (exact) mass is 264 g/mol. The molecule has 1 N–H and O–H groups in total. The van der Waals surface area contributed by atoms with Gasteiger partial charge in [0.2, 0.25) is 0 Å². The van der Waals surface area contributed by atoms with E-state index >= 15 is 0 Å². The molecule has 0 aliphatic heterocycles. The van der Waals surface area contributed by atoms with Crippen LogP contribution in [-0.2, 0) is 0 Å². The summed E-state index contributed by atoms with van der Waals surface area (Å²) in [6.45, 7) is 6.19. The molecular formula is C18H20N2. The molecule has 0 bridgehead atoms. The summed E-state index contributed by atoms with van der Waals surface area (Å²) in [4.78, 5) is 4.40. The van der Waals surface area contributed by atoms with E-state index in [1.807, 2.05) is 31.3 Å². The van der Waals surface area contributed by atoms with E-state index in [1.165, 1.54) is 11.1 Å². The van der Waals surface area contributed by atoms with Crippen LogP contribution in [0.15, 0.2) is 65.3 Å². The van der Waals surface area contributed by atoms with Crippen molar-refractivity contribution in [3.05, 3.63) is 71.4 Å². The fourth-order valence-corrected chi connectivity index (χ4v) is 1.77. The topological polar surface area (TPSA) is 24.4 Å². The van der Waals surface area contributed by atoms with E-state index in [1.54, 1.807) is 0 Å². The minimum atomic E-state index is 0.968. The van der Waals surface area contributed by atoms with Crippen molar-refractivity contribution in [1.29, 1.82) is 0 Å².